The standard InChI is InChI=1S/C35H35ClFN3O6S/c36-29-10-6-27(7-11-29)23-38-35(42)33(22-26-4-2-1-3-5-26)40(24-28-8-12-30(37)13-9-28)34(41)25-46-31-14-16-32(17-15-31)47(43,44)39-18-20-45-21-19-39/h1-17,33H,18-25H2,(H,38,42). The number of morpholine rings is 1. The van der Waals surface area contributed by atoms with Crippen LogP contribution in [0.15, 0.2) is 108 Å². The molecule has 1 unspecified atom stereocenters. The van der Waals surface area contributed by atoms with Crippen LogP contribution in [0, 0.1) is 5.82 Å². The number of halogens is 2. The molecule has 2 amide bonds. The quantitative estimate of drug-likeness (QED) is 0.217. The van der Waals surface area contributed by atoms with Crippen molar-refractivity contribution in [3.63, 3.8) is 0 Å². The molecule has 1 heterocycles. The third kappa shape index (κ3) is 9.39. The van der Waals surface area contributed by atoms with E-state index in [4.69, 9.17) is 21.1 Å². The molecule has 12 heteroatoms. The van der Waals surface area contributed by atoms with Crippen LogP contribution in [0.5, 0.6) is 5.75 Å². The second-order valence-electron chi connectivity index (χ2n) is 11.0. The first-order valence-electron chi connectivity index (χ1n) is 15.1. The predicted octanol–water partition coefficient (Wildman–Crippen LogP) is 4.84. The molecule has 1 aliphatic rings. The topological polar surface area (TPSA) is 105 Å². The summed E-state index contributed by atoms with van der Waals surface area (Å²) in [6.45, 7) is 1.03. The van der Waals surface area contributed by atoms with Gasteiger partial charge in [0.25, 0.3) is 5.91 Å². The highest BCUT2D eigenvalue weighted by molar-refractivity contribution is 7.89. The first-order valence-corrected chi connectivity index (χ1v) is 16.9. The van der Waals surface area contributed by atoms with Gasteiger partial charge in [0, 0.05) is 37.6 Å². The minimum atomic E-state index is -3.69. The van der Waals surface area contributed by atoms with Crippen LogP contribution in [-0.2, 0) is 43.9 Å². The maximum atomic E-state index is 13.9. The van der Waals surface area contributed by atoms with Gasteiger partial charge in [-0.3, -0.25) is 9.59 Å². The van der Waals surface area contributed by atoms with Crippen LogP contribution in [0.2, 0.25) is 5.02 Å². The van der Waals surface area contributed by atoms with Gasteiger partial charge in [-0.25, -0.2) is 12.8 Å². The summed E-state index contributed by atoms with van der Waals surface area (Å²) in [6.07, 6.45) is 0.217. The molecule has 0 bridgehead atoms. The van der Waals surface area contributed by atoms with E-state index in [0.717, 1.165) is 11.1 Å². The summed E-state index contributed by atoms with van der Waals surface area (Å²) in [7, 11) is -3.69. The minimum Gasteiger partial charge on any atom is -0.484 e. The Morgan fingerprint density at radius 1 is 0.872 bits per heavy atom. The molecular weight excluding hydrogens is 645 g/mol. The molecule has 1 fully saturated rings. The van der Waals surface area contributed by atoms with Crippen LogP contribution in [0.1, 0.15) is 16.7 Å². The van der Waals surface area contributed by atoms with Crippen molar-refractivity contribution in [2.24, 2.45) is 0 Å². The maximum Gasteiger partial charge on any atom is 0.261 e. The Morgan fingerprint density at radius 3 is 2.17 bits per heavy atom. The molecule has 5 rings (SSSR count). The number of hydrogen-bond donors (Lipinski definition) is 1. The van der Waals surface area contributed by atoms with Crippen molar-refractivity contribution in [1.29, 1.82) is 0 Å². The van der Waals surface area contributed by atoms with Crippen LogP contribution in [-0.4, -0.2) is 68.4 Å². The summed E-state index contributed by atoms with van der Waals surface area (Å²) in [6, 6.07) is 27.1. The van der Waals surface area contributed by atoms with E-state index in [1.165, 1.54) is 45.6 Å². The molecule has 0 aliphatic carbocycles. The van der Waals surface area contributed by atoms with Crippen molar-refractivity contribution in [3.05, 3.63) is 131 Å². The number of ether oxygens (including phenoxy) is 2. The minimum absolute atomic E-state index is 0.0189. The van der Waals surface area contributed by atoms with Gasteiger partial charge in [0.1, 0.15) is 17.6 Å². The smallest absolute Gasteiger partial charge is 0.261 e. The molecule has 47 heavy (non-hydrogen) atoms. The molecule has 0 saturated carbocycles. The van der Waals surface area contributed by atoms with Crippen LogP contribution in [0.3, 0.4) is 0 Å². The molecule has 1 atom stereocenters. The number of sulfonamides is 1. The highest BCUT2D eigenvalue weighted by Crippen LogP contribution is 2.22. The van der Waals surface area contributed by atoms with E-state index in [-0.39, 0.29) is 49.2 Å². The third-order valence-electron chi connectivity index (χ3n) is 7.71. The zero-order chi connectivity index (χ0) is 33.2. The van der Waals surface area contributed by atoms with Crippen LogP contribution >= 0.6 is 11.6 Å². The Balaban J connectivity index is 1.35. The Morgan fingerprint density at radius 2 is 1.51 bits per heavy atom. The first-order chi connectivity index (χ1) is 22.7. The molecule has 1 aliphatic heterocycles. The molecule has 246 valence electrons. The maximum absolute atomic E-state index is 13.9. The normalized spacial score (nSPS) is 14.3. The van der Waals surface area contributed by atoms with Crippen molar-refractivity contribution >= 4 is 33.4 Å². The monoisotopic (exact) mass is 679 g/mol. The number of nitrogens with zero attached hydrogens (tertiary/aromatic N) is 2. The van der Waals surface area contributed by atoms with E-state index in [0.29, 0.717) is 23.8 Å². The Bertz CT molecular complexity index is 1740. The number of amides is 2. The van der Waals surface area contributed by atoms with Crippen molar-refractivity contribution in [2.45, 2.75) is 30.4 Å². The number of nitrogens with one attached hydrogen (secondary N) is 1. The number of rotatable bonds is 13. The zero-order valence-electron chi connectivity index (χ0n) is 25.6. The first kappa shape index (κ1) is 34.1. The van der Waals surface area contributed by atoms with E-state index in [1.54, 1.807) is 24.3 Å². The molecule has 4 aromatic rings. The Kier molecular flexibility index (Phi) is 11.6. The molecule has 0 aromatic heterocycles. The van der Waals surface area contributed by atoms with Gasteiger partial charge in [-0.2, -0.15) is 4.31 Å². The van der Waals surface area contributed by atoms with Crippen molar-refractivity contribution in [3.8, 4) is 5.75 Å². The lowest BCUT2D eigenvalue weighted by Crippen LogP contribution is -2.51. The summed E-state index contributed by atoms with van der Waals surface area (Å²) >= 11 is 6.01. The van der Waals surface area contributed by atoms with E-state index in [9.17, 15) is 22.4 Å². The van der Waals surface area contributed by atoms with Gasteiger partial charge < -0.3 is 19.7 Å². The second-order valence-corrected chi connectivity index (χ2v) is 13.3. The number of benzene rings is 4. The van der Waals surface area contributed by atoms with E-state index in [2.05, 4.69) is 5.32 Å². The fourth-order valence-electron chi connectivity index (χ4n) is 5.12. The second kappa shape index (κ2) is 16.0. The third-order valence-corrected chi connectivity index (χ3v) is 9.88. The lowest BCUT2D eigenvalue weighted by Gasteiger charge is -2.31. The molecule has 9 nitrogen and oxygen atoms in total. The summed E-state index contributed by atoms with van der Waals surface area (Å²) in [5, 5.41) is 3.52. The van der Waals surface area contributed by atoms with Gasteiger partial charge in [0.15, 0.2) is 6.61 Å². The van der Waals surface area contributed by atoms with E-state index >= 15 is 0 Å². The predicted molar refractivity (Wildman–Crippen MR) is 176 cm³/mol. The molecule has 1 saturated heterocycles. The average molecular weight is 680 g/mol. The van der Waals surface area contributed by atoms with Gasteiger partial charge in [-0.05, 0) is 65.2 Å². The van der Waals surface area contributed by atoms with Crippen molar-refractivity contribution < 1.29 is 31.9 Å². The van der Waals surface area contributed by atoms with Crippen LogP contribution < -0.4 is 10.1 Å². The lowest BCUT2D eigenvalue weighted by molar-refractivity contribution is -0.142. The zero-order valence-corrected chi connectivity index (χ0v) is 27.1. The fraction of sp³-hybridized carbons (Fsp3) is 0.257. The largest absolute Gasteiger partial charge is 0.484 e. The highest BCUT2D eigenvalue weighted by atomic mass is 35.5. The summed E-state index contributed by atoms with van der Waals surface area (Å²) in [5.41, 5.74) is 2.30. The van der Waals surface area contributed by atoms with E-state index < -0.39 is 34.4 Å². The molecule has 4 aromatic carbocycles. The molecule has 1 N–H and O–H groups in total. The summed E-state index contributed by atoms with van der Waals surface area (Å²) in [5.74, 6) is -0.998. The van der Waals surface area contributed by atoms with Crippen LogP contribution in [0.25, 0.3) is 0 Å². The number of carbonyl (C=O) groups excluding carboxylic acids is 2. The SMILES string of the molecule is O=C(NCc1ccc(Cl)cc1)C(Cc1ccccc1)N(Cc1ccc(F)cc1)C(=O)COc1ccc(S(=O)(=O)N2CCOCC2)cc1. The summed E-state index contributed by atoms with van der Waals surface area (Å²) in [4.78, 5) is 29.2. The van der Waals surface area contributed by atoms with Gasteiger partial charge >= 0.3 is 0 Å². The summed E-state index contributed by atoms with van der Waals surface area (Å²) < 4.78 is 52.2. The Hall–Kier alpha value is -4.29. The van der Waals surface area contributed by atoms with Gasteiger partial charge in [-0.15, -0.1) is 0 Å². The Labute approximate surface area is 278 Å². The molecule has 0 spiro atoms. The average Bonchev–Trinajstić information content (AvgIpc) is 3.10. The lowest BCUT2D eigenvalue weighted by atomic mass is 10.0. The molecular formula is C35H35ClFN3O6S. The number of carbonyl (C=O) groups is 2. The van der Waals surface area contributed by atoms with Gasteiger partial charge in [-0.1, -0.05) is 66.2 Å². The molecule has 0 radical (unpaired) electrons. The van der Waals surface area contributed by atoms with Gasteiger partial charge in [0.2, 0.25) is 15.9 Å². The highest BCUT2D eigenvalue weighted by Gasteiger charge is 2.31. The van der Waals surface area contributed by atoms with E-state index in [1.807, 2.05) is 42.5 Å². The van der Waals surface area contributed by atoms with Crippen molar-refractivity contribution in [1.82, 2.24) is 14.5 Å². The van der Waals surface area contributed by atoms with Crippen molar-refractivity contribution in [2.75, 3.05) is 32.9 Å². The van der Waals surface area contributed by atoms with Crippen LogP contribution in [0.4, 0.5) is 4.39 Å². The fourth-order valence-corrected chi connectivity index (χ4v) is 6.66. The van der Waals surface area contributed by atoms with Gasteiger partial charge in [0.05, 0.1) is 18.1 Å². The number of hydrogen-bond acceptors (Lipinski definition) is 6.